The number of benzene rings is 2. The second-order valence-electron chi connectivity index (χ2n) is 6.04. The van der Waals surface area contributed by atoms with Crippen LogP contribution in [0.3, 0.4) is 0 Å². The van der Waals surface area contributed by atoms with Crippen LogP contribution in [-0.2, 0) is 6.42 Å². The molecule has 0 aliphatic heterocycles. The van der Waals surface area contributed by atoms with Crippen molar-refractivity contribution in [3.63, 3.8) is 0 Å². The van der Waals surface area contributed by atoms with Gasteiger partial charge in [0.2, 0.25) is 0 Å². The van der Waals surface area contributed by atoms with Gasteiger partial charge in [-0.15, -0.1) is 0 Å². The Morgan fingerprint density at radius 3 is 1.96 bits per heavy atom. The Labute approximate surface area is 155 Å². The van der Waals surface area contributed by atoms with Gasteiger partial charge in [-0.3, -0.25) is 25.0 Å². The fraction of sp³-hybridized carbons (Fsp3) is 0.278. The van der Waals surface area contributed by atoms with Gasteiger partial charge in [0.1, 0.15) is 0 Å². The molecule has 0 aromatic heterocycles. The zero-order valence-corrected chi connectivity index (χ0v) is 14.8. The van der Waals surface area contributed by atoms with Gasteiger partial charge in [-0.2, -0.15) is 0 Å². The van der Waals surface area contributed by atoms with Crippen molar-refractivity contribution in [3.8, 4) is 0 Å². The van der Waals surface area contributed by atoms with Crippen molar-refractivity contribution >= 4 is 17.3 Å². The predicted molar refractivity (Wildman–Crippen MR) is 99.7 cm³/mol. The zero-order chi connectivity index (χ0) is 19.8. The summed E-state index contributed by atoms with van der Waals surface area (Å²) in [5.41, 5.74) is 1.38. The number of nitrogens with zero attached hydrogens (tertiary/aromatic N) is 3. The first-order valence-corrected chi connectivity index (χ1v) is 8.31. The molecule has 0 radical (unpaired) electrons. The number of non-ortho nitro benzene ring substituents is 2. The van der Waals surface area contributed by atoms with Gasteiger partial charge in [-0.05, 0) is 31.2 Å². The van der Waals surface area contributed by atoms with E-state index in [-0.39, 0.29) is 17.3 Å². The standard InChI is InChI=1S/C18H20N4O5/c1-20(12-10-14-2-6-16(7-3-14)21(24)25)13-11-19-18(23)15-4-8-17(9-5-15)22(26)27/h2-9H,10-13H2,1H3,(H,19,23). The first-order chi connectivity index (χ1) is 12.9. The van der Waals surface area contributed by atoms with Crippen LogP contribution in [0.2, 0.25) is 0 Å². The Kier molecular flexibility index (Phi) is 6.95. The molecule has 2 aromatic rings. The number of rotatable bonds is 9. The summed E-state index contributed by atoms with van der Waals surface area (Å²) in [6.45, 7) is 1.81. The highest BCUT2D eigenvalue weighted by atomic mass is 16.6. The summed E-state index contributed by atoms with van der Waals surface area (Å²) in [7, 11) is 1.92. The molecule has 9 heteroatoms. The molecule has 0 saturated heterocycles. The van der Waals surface area contributed by atoms with E-state index in [1.165, 1.54) is 36.4 Å². The second-order valence-corrected chi connectivity index (χ2v) is 6.04. The maximum Gasteiger partial charge on any atom is 0.269 e. The van der Waals surface area contributed by atoms with Gasteiger partial charge in [-0.25, -0.2) is 0 Å². The molecule has 2 rings (SSSR count). The molecule has 0 saturated carbocycles. The summed E-state index contributed by atoms with van der Waals surface area (Å²) in [6.07, 6.45) is 0.741. The molecule has 0 atom stereocenters. The molecule has 1 amide bonds. The molecule has 142 valence electrons. The Bertz CT molecular complexity index is 806. The molecule has 9 nitrogen and oxygen atoms in total. The third kappa shape index (κ3) is 6.15. The van der Waals surface area contributed by atoms with Gasteiger partial charge in [0.15, 0.2) is 0 Å². The lowest BCUT2D eigenvalue weighted by Crippen LogP contribution is -2.33. The lowest BCUT2D eigenvalue weighted by molar-refractivity contribution is -0.385. The summed E-state index contributed by atoms with van der Waals surface area (Å²) < 4.78 is 0. The molecule has 0 bridgehead atoms. The van der Waals surface area contributed by atoms with E-state index >= 15 is 0 Å². The molecule has 27 heavy (non-hydrogen) atoms. The fourth-order valence-electron chi connectivity index (χ4n) is 2.41. The minimum Gasteiger partial charge on any atom is -0.351 e. The van der Waals surface area contributed by atoms with E-state index < -0.39 is 9.85 Å². The summed E-state index contributed by atoms with van der Waals surface area (Å²) in [5.74, 6) is -0.284. The quantitative estimate of drug-likeness (QED) is 0.533. The lowest BCUT2D eigenvalue weighted by atomic mass is 10.1. The molecule has 0 heterocycles. The van der Waals surface area contributed by atoms with Crippen molar-refractivity contribution in [2.24, 2.45) is 0 Å². The van der Waals surface area contributed by atoms with Gasteiger partial charge in [0, 0.05) is 49.5 Å². The molecular formula is C18H20N4O5. The van der Waals surface area contributed by atoms with E-state index in [1.54, 1.807) is 12.1 Å². The topological polar surface area (TPSA) is 119 Å². The Morgan fingerprint density at radius 1 is 0.926 bits per heavy atom. The highest BCUT2D eigenvalue weighted by Gasteiger charge is 2.09. The molecular weight excluding hydrogens is 352 g/mol. The maximum absolute atomic E-state index is 12.0. The van der Waals surface area contributed by atoms with Crippen molar-refractivity contribution in [2.45, 2.75) is 6.42 Å². The van der Waals surface area contributed by atoms with Crippen molar-refractivity contribution in [1.82, 2.24) is 10.2 Å². The molecule has 2 aromatic carbocycles. The van der Waals surface area contributed by atoms with E-state index in [1.807, 2.05) is 11.9 Å². The number of carbonyl (C=O) groups excluding carboxylic acids is 1. The number of amides is 1. The van der Waals surface area contributed by atoms with Crippen LogP contribution >= 0.6 is 0 Å². The Hall–Kier alpha value is -3.33. The van der Waals surface area contributed by atoms with Crippen LogP contribution in [0.25, 0.3) is 0 Å². The minimum atomic E-state index is -0.512. The third-order valence-electron chi connectivity index (χ3n) is 4.05. The van der Waals surface area contributed by atoms with Crippen LogP contribution in [0.1, 0.15) is 15.9 Å². The van der Waals surface area contributed by atoms with Crippen LogP contribution in [-0.4, -0.2) is 47.3 Å². The van der Waals surface area contributed by atoms with Crippen LogP contribution in [0, 0.1) is 20.2 Å². The van der Waals surface area contributed by atoms with Crippen LogP contribution in [0.4, 0.5) is 11.4 Å². The summed E-state index contributed by atoms with van der Waals surface area (Å²) in [5, 5.41) is 24.0. The molecule has 0 aliphatic rings. The van der Waals surface area contributed by atoms with E-state index in [9.17, 15) is 25.0 Å². The summed E-state index contributed by atoms with van der Waals surface area (Å²) >= 11 is 0. The average molecular weight is 372 g/mol. The van der Waals surface area contributed by atoms with Crippen molar-refractivity contribution < 1.29 is 14.6 Å². The van der Waals surface area contributed by atoms with E-state index in [0.717, 1.165) is 18.5 Å². The fourth-order valence-corrected chi connectivity index (χ4v) is 2.41. The largest absolute Gasteiger partial charge is 0.351 e. The number of nitro groups is 2. The van der Waals surface area contributed by atoms with Crippen molar-refractivity contribution in [3.05, 3.63) is 79.9 Å². The van der Waals surface area contributed by atoms with Gasteiger partial charge >= 0.3 is 0 Å². The number of carbonyl (C=O) groups is 1. The first kappa shape index (κ1) is 20.0. The van der Waals surface area contributed by atoms with Gasteiger partial charge in [0.05, 0.1) is 9.85 Å². The van der Waals surface area contributed by atoms with Crippen LogP contribution in [0.5, 0.6) is 0 Å². The van der Waals surface area contributed by atoms with Crippen molar-refractivity contribution in [2.75, 3.05) is 26.7 Å². The number of nitrogens with one attached hydrogen (secondary N) is 1. The first-order valence-electron chi connectivity index (χ1n) is 8.31. The van der Waals surface area contributed by atoms with E-state index in [2.05, 4.69) is 5.32 Å². The van der Waals surface area contributed by atoms with Crippen LogP contribution < -0.4 is 5.32 Å². The number of hydrogen-bond acceptors (Lipinski definition) is 6. The molecule has 0 unspecified atom stereocenters. The highest BCUT2D eigenvalue weighted by molar-refractivity contribution is 5.94. The third-order valence-corrected chi connectivity index (χ3v) is 4.05. The second kappa shape index (κ2) is 9.39. The van der Waals surface area contributed by atoms with E-state index in [0.29, 0.717) is 18.7 Å². The van der Waals surface area contributed by atoms with Crippen LogP contribution in [0.15, 0.2) is 48.5 Å². The van der Waals surface area contributed by atoms with Crippen molar-refractivity contribution in [1.29, 1.82) is 0 Å². The van der Waals surface area contributed by atoms with Gasteiger partial charge in [-0.1, -0.05) is 12.1 Å². The summed E-state index contributed by atoms with van der Waals surface area (Å²) in [6, 6.07) is 11.9. The Balaban J connectivity index is 1.72. The number of hydrogen-bond donors (Lipinski definition) is 1. The molecule has 0 fully saturated rings. The Morgan fingerprint density at radius 2 is 1.44 bits per heavy atom. The van der Waals surface area contributed by atoms with E-state index in [4.69, 9.17) is 0 Å². The highest BCUT2D eigenvalue weighted by Crippen LogP contribution is 2.13. The molecule has 0 spiro atoms. The predicted octanol–water partition coefficient (Wildman–Crippen LogP) is 2.41. The van der Waals surface area contributed by atoms with Gasteiger partial charge in [0.25, 0.3) is 17.3 Å². The minimum absolute atomic E-state index is 0.0578. The average Bonchev–Trinajstić information content (AvgIpc) is 2.66. The summed E-state index contributed by atoms with van der Waals surface area (Å²) in [4.78, 5) is 34.4. The smallest absolute Gasteiger partial charge is 0.269 e. The zero-order valence-electron chi connectivity index (χ0n) is 14.8. The normalized spacial score (nSPS) is 10.6. The number of likely N-dealkylation sites (N-methyl/N-ethyl adjacent to an activating group) is 1. The molecule has 0 aliphatic carbocycles. The van der Waals surface area contributed by atoms with Gasteiger partial charge < -0.3 is 10.2 Å². The SMILES string of the molecule is CN(CCNC(=O)c1ccc([N+](=O)[O-])cc1)CCc1ccc([N+](=O)[O-])cc1. The number of nitro benzene ring substituents is 2. The maximum atomic E-state index is 12.0. The monoisotopic (exact) mass is 372 g/mol. The lowest BCUT2D eigenvalue weighted by Gasteiger charge is -2.17. The molecule has 1 N–H and O–H groups in total.